The molecule has 0 aliphatic heterocycles. The van der Waals surface area contributed by atoms with E-state index in [0.29, 0.717) is 26.7 Å². The predicted octanol–water partition coefficient (Wildman–Crippen LogP) is 5.44. The Hall–Kier alpha value is -3.06. The fourth-order valence-electron chi connectivity index (χ4n) is 4.56. The normalized spacial score (nSPS) is 14.4. The van der Waals surface area contributed by atoms with Gasteiger partial charge in [-0.25, -0.2) is 12.8 Å². The summed E-state index contributed by atoms with van der Waals surface area (Å²) in [6.07, 6.45) is 2.79. The van der Waals surface area contributed by atoms with E-state index in [0.717, 1.165) is 29.0 Å². The Morgan fingerprint density at radius 1 is 1.18 bits per heavy atom. The van der Waals surface area contributed by atoms with E-state index in [-0.39, 0.29) is 34.3 Å². The fourth-order valence-corrected chi connectivity index (χ4v) is 7.05. The number of sulfone groups is 1. The molecule has 204 valence electrons. The zero-order valence-corrected chi connectivity index (χ0v) is 24.1. The molecule has 1 aliphatic rings. The first-order valence-corrected chi connectivity index (χ1v) is 15.6. The summed E-state index contributed by atoms with van der Waals surface area (Å²) in [6.45, 7) is -0.120. The van der Waals surface area contributed by atoms with Gasteiger partial charge in [-0.3, -0.25) is 13.3 Å². The molecular formula is C27H23BrFN2O6S2-. The number of nitrogens with one attached hydrogen (secondary N) is 1. The summed E-state index contributed by atoms with van der Waals surface area (Å²) in [5, 5.41) is 3.13. The Morgan fingerprint density at radius 2 is 1.87 bits per heavy atom. The van der Waals surface area contributed by atoms with Gasteiger partial charge < -0.3 is 14.3 Å². The second-order valence-corrected chi connectivity index (χ2v) is 13.1. The van der Waals surface area contributed by atoms with Crippen LogP contribution in [0.25, 0.3) is 22.3 Å². The minimum absolute atomic E-state index is 0.0553. The van der Waals surface area contributed by atoms with E-state index in [2.05, 4.69) is 21.2 Å². The standard InChI is InChI=1S/C27H24BrFN2O6S2/c1-30-27(32)25-20-12-19(16-4-5-16)22(13-23(20)37-26(25)17-6-8-18(29)9-7-17)31(38(33)34)14-15-3-10-21(28)24(11-15)39(2,35)36/h3,6-13,16H,4-5,14H2,1-2H3,(H,30,32)(H,33,34)/p-1. The number of furan rings is 1. The maximum atomic E-state index is 13.6. The number of amides is 1. The molecule has 3 aromatic carbocycles. The summed E-state index contributed by atoms with van der Waals surface area (Å²) in [6, 6.07) is 13.6. The number of hydrogen-bond acceptors (Lipinski definition) is 6. The molecule has 1 aromatic heterocycles. The molecule has 39 heavy (non-hydrogen) atoms. The smallest absolute Gasteiger partial charge is 0.255 e. The van der Waals surface area contributed by atoms with Crippen molar-refractivity contribution < 1.29 is 30.8 Å². The van der Waals surface area contributed by atoms with Crippen LogP contribution in [0.2, 0.25) is 0 Å². The summed E-state index contributed by atoms with van der Waals surface area (Å²) < 4.78 is 70.7. The topological polar surface area (TPSA) is 120 Å². The number of rotatable bonds is 8. The Labute approximate surface area is 235 Å². The highest BCUT2D eigenvalue weighted by Crippen LogP contribution is 2.48. The predicted molar refractivity (Wildman–Crippen MR) is 149 cm³/mol. The first-order chi connectivity index (χ1) is 18.5. The number of nitrogens with zero attached hydrogens (tertiary/aromatic N) is 1. The zero-order valence-electron chi connectivity index (χ0n) is 20.9. The van der Waals surface area contributed by atoms with Gasteiger partial charge in [-0.1, -0.05) is 6.07 Å². The van der Waals surface area contributed by atoms with Crippen molar-refractivity contribution in [3.05, 3.63) is 81.6 Å². The molecule has 8 nitrogen and oxygen atoms in total. The van der Waals surface area contributed by atoms with E-state index in [9.17, 15) is 26.4 Å². The molecule has 1 amide bonds. The summed E-state index contributed by atoms with van der Waals surface area (Å²) in [7, 11) is -2.06. The molecule has 1 aliphatic carbocycles. The van der Waals surface area contributed by atoms with Crippen molar-refractivity contribution in [3.8, 4) is 11.3 Å². The van der Waals surface area contributed by atoms with E-state index in [1.54, 1.807) is 24.3 Å². The lowest BCUT2D eigenvalue weighted by Crippen LogP contribution is -2.26. The summed E-state index contributed by atoms with van der Waals surface area (Å²) in [4.78, 5) is 13.0. The molecule has 0 spiro atoms. The Morgan fingerprint density at radius 3 is 2.46 bits per heavy atom. The maximum Gasteiger partial charge on any atom is 0.255 e. The van der Waals surface area contributed by atoms with Gasteiger partial charge in [0, 0.05) is 46.1 Å². The number of anilines is 1. The van der Waals surface area contributed by atoms with Crippen molar-refractivity contribution in [2.24, 2.45) is 0 Å². The number of fused-ring (bicyclic) bond motifs is 1. The van der Waals surface area contributed by atoms with Crippen LogP contribution in [0.5, 0.6) is 0 Å². The van der Waals surface area contributed by atoms with Gasteiger partial charge in [0.2, 0.25) is 0 Å². The van der Waals surface area contributed by atoms with Crippen LogP contribution in [-0.4, -0.2) is 36.4 Å². The summed E-state index contributed by atoms with van der Waals surface area (Å²) in [5.41, 5.74) is 2.65. The van der Waals surface area contributed by atoms with Crippen molar-refractivity contribution in [1.82, 2.24) is 5.32 Å². The second kappa shape index (κ2) is 10.5. The third-order valence-electron chi connectivity index (χ3n) is 6.58. The van der Waals surface area contributed by atoms with Crippen LogP contribution in [0.1, 0.15) is 40.2 Å². The number of halogens is 2. The molecule has 1 heterocycles. The minimum Gasteiger partial charge on any atom is -0.755 e. The lowest BCUT2D eigenvalue weighted by molar-refractivity contribution is 0.0964. The van der Waals surface area contributed by atoms with Crippen molar-refractivity contribution >= 4 is 59.6 Å². The number of benzene rings is 3. The van der Waals surface area contributed by atoms with Crippen LogP contribution in [0, 0.1) is 5.82 Å². The molecule has 5 rings (SSSR count). The molecule has 12 heteroatoms. The van der Waals surface area contributed by atoms with Crippen LogP contribution >= 0.6 is 15.9 Å². The van der Waals surface area contributed by atoms with Crippen LogP contribution < -0.4 is 9.62 Å². The SMILES string of the molecule is CNC(=O)c1c(-c2ccc(F)cc2)oc2cc(N(Cc3ccc(Br)c(S(C)(=O)=O)c3)S(=O)[O-])c(C3CC3)cc12. The highest BCUT2D eigenvalue weighted by atomic mass is 79.9. The Kier molecular flexibility index (Phi) is 7.40. The molecule has 1 unspecified atom stereocenters. The third kappa shape index (κ3) is 5.51. The van der Waals surface area contributed by atoms with Crippen LogP contribution in [0.15, 0.2) is 68.4 Å². The quantitative estimate of drug-likeness (QED) is 0.258. The summed E-state index contributed by atoms with van der Waals surface area (Å²) in [5.74, 6) is -0.498. The van der Waals surface area contributed by atoms with E-state index >= 15 is 0 Å². The van der Waals surface area contributed by atoms with Crippen LogP contribution in [0.3, 0.4) is 0 Å². The molecule has 1 N–H and O–H groups in total. The van der Waals surface area contributed by atoms with Crippen molar-refractivity contribution in [3.63, 3.8) is 0 Å². The molecule has 0 radical (unpaired) electrons. The van der Waals surface area contributed by atoms with Gasteiger partial charge in [-0.05, 0) is 88.3 Å². The van der Waals surface area contributed by atoms with Crippen LogP contribution in [-0.2, 0) is 27.6 Å². The molecule has 1 fully saturated rings. The molecular weight excluding hydrogens is 611 g/mol. The van der Waals surface area contributed by atoms with Gasteiger partial charge in [-0.15, -0.1) is 0 Å². The lowest BCUT2D eigenvalue weighted by Gasteiger charge is -2.29. The highest BCUT2D eigenvalue weighted by Gasteiger charge is 2.31. The third-order valence-corrected chi connectivity index (χ3v) is 9.36. The monoisotopic (exact) mass is 633 g/mol. The van der Waals surface area contributed by atoms with Crippen molar-refractivity contribution in [2.45, 2.75) is 30.2 Å². The van der Waals surface area contributed by atoms with Gasteiger partial charge in [0.05, 0.1) is 22.7 Å². The first kappa shape index (κ1) is 27.5. The second-order valence-electron chi connectivity index (χ2n) is 9.36. The minimum atomic E-state index is -3.55. The average molecular weight is 635 g/mol. The van der Waals surface area contributed by atoms with Crippen molar-refractivity contribution in [1.29, 1.82) is 0 Å². The molecule has 4 aromatic rings. The maximum absolute atomic E-state index is 13.6. The van der Waals surface area contributed by atoms with Gasteiger partial charge in [0.1, 0.15) is 17.2 Å². The number of hydrogen-bond donors (Lipinski definition) is 1. The van der Waals surface area contributed by atoms with E-state index in [1.807, 2.05) is 0 Å². The van der Waals surface area contributed by atoms with Gasteiger partial charge in [0.25, 0.3) is 5.91 Å². The van der Waals surface area contributed by atoms with Crippen LogP contribution in [0.4, 0.5) is 10.1 Å². The van der Waals surface area contributed by atoms with Gasteiger partial charge >= 0.3 is 0 Å². The largest absolute Gasteiger partial charge is 0.755 e. The van der Waals surface area contributed by atoms with Gasteiger partial charge in [0.15, 0.2) is 9.84 Å². The van der Waals surface area contributed by atoms with Crippen molar-refractivity contribution in [2.75, 3.05) is 17.6 Å². The fraction of sp³-hybridized carbons (Fsp3) is 0.222. The van der Waals surface area contributed by atoms with E-state index in [1.165, 1.54) is 37.4 Å². The first-order valence-electron chi connectivity index (χ1n) is 11.9. The molecule has 1 saturated carbocycles. The zero-order chi connectivity index (χ0) is 28.1. The number of carbonyl (C=O) groups is 1. The lowest BCUT2D eigenvalue weighted by atomic mass is 10.00. The Bertz CT molecular complexity index is 1730. The van der Waals surface area contributed by atoms with Gasteiger partial charge in [-0.2, -0.15) is 0 Å². The molecule has 0 saturated heterocycles. The summed E-state index contributed by atoms with van der Waals surface area (Å²) >= 11 is 0.524. The van der Waals surface area contributed by atoms with E-state index in [4.69, 9.17) is 4.42 Å². The molecule has 0 bridgehead atoms. The number of carbonyl (C=O) groups excluding carboxylic acids is 1. The Balaban J connectivity index is 1.68. The molecule has 1 atom stereocenters. The average Bonchev–Trinajstić information content (AvgIpc) is 3.67. The van der Waals surface area contributed by atoms with E-state index < -0.39 is 32.8 Å². The highest BCUT2D eigenvalue weighted by molar-refractivity contribution is 9.10.